The van der Waals surface area contributed by atoms with E-state index in [2.05, 4.69) is 32.0 Å². The van der Waals surface area contributed by atoms with Gasteiger partial charge in [0, 0.05) is 17.7 Å². The number of nitrogens with zero attached hydrogens (tertiary/aromatic N) is 2. The molecule has 8 heteroatoms. The molecule has 1 fully saturated rings. The lowest BCUT2D eigenvalue weighted by atomic mass is 10.1. The number of piperazine rings is 1. The molecule has 0 spiro atoms. The van der Waals surface area contributed by atoms with E-state index < -0.39 is 14.9 Å². The lowest BCUT2D eigenvalue weighted by Crippen LogP contribution is -3.13. The summed E-state index contributed by atoms with van der Waals surface area (Å²) in [6.07, 6.45) is 0. The first-order valence-electron chi connectivity index (χ1n) is 8.91. The Morgan fingerprint density at radius 1 is 1.04 bits per heavy atom. The fourth-order valence-electron chi connectivity index (χ4n) is 3.57. The van der Waals surface area contributed by atoms with Gasteiger partial charge in [0.2, 0.25) is 10.0 Å². The zero-order valence-electron chi connectivity index (χ0n) is 15.5. The highest BCUT2D eigenvalue weighted by Gasteiger charge is 2.30. The van der Waals surface area contributed by atoms with Crippen molar-refractivity contribution in [2.75, 3.05) is 26.2 Å². The molecule has 3 rings (SSSR count). The number of sulfonamides is 1. The minimum Gasteiger partial charge on any atom is -0.329 e. The zero-order valence-corrected chi connectivity index (χ0v) is 16.3. The highest BCUT2D eigenvalue weighted by molar-refractivity contribution is 7.89. The first-order valence-corrected chi connectivity index (χ1v) is 10.3. The van der Waals surface area contributed by atoms with Crippen LogP contribution in [0.3, 0.4) is 0 Å². The highest BCUT2D eigenvalue weighted by Crippen LogP contribution is 2.19. The molecule has 7 nitrogen and oxygen atoms in total. The van der Waals surface area contributed by atoms with Gasteiger partial charge in [0.15, 0.2) is 0 Å². The lowest BCUT2D eigenvalue weighted by Gasteiger charge is -2.31. The maximum atomic E-state index is 12.8. The first-order chi connectivity index (χ1) is 12.8. The van der Waals surface area contributed by atoms with Crippen molar-refractivity contribution >= 4 is 15.7 Å². The third-order valence-electron chi connectivity index (χ3n) is 4.85. The summed E-state index contributed by atoms with van der Waals surface area (Å²) in [4.78, 5) is 11.7. The van der Waals surface area contributed by atoms with Crippen LogP contribution in [0, 0.1) is 24.0 Å². The molecule has 0 saturated carbocycles. The van der Waals surface area contributed by atoms with Crippen LogP contribution in [-0.2, 0) is 16.6 Å². The molecule has 0 aliphatic carbocycles. The predicted octanol–water partition coefficient (Wildman–Crippen LogP) is 1.30. The quantitative estimate of drug-likeness (QED) is 0.616. The van der Waals surface area contributed by atoms with Crippen LogP contribution in [0.25, 0.3) is 0 Å². The Morgan fingerprint density at radius 2 is 1.59 bits per heavy atom. The summed E-state index contributed by atoms with van der Waals surface area (Å²) in [6.45, 7) is 7.41. The normalized spacial score (nSPS) is 16.4. The van der Waals surface area contributed by atoms with Crippen LogP contribution in [-0.4, -0.2) is 43.8 Å². The molecular formula is C19H24N3O4S+. The molecule has 1 N–H and O–H groups in total. The fourth-order valence-corrected chi connectivity index (χ4v) is 5.01. The lowest BCUT2D eigenvalue weighted by molar-refractivity contribution is -0.917. The van der Waals surface area contributed by atoms with E-state index in [1.165, 1.54) is 50.2 Å². The van der Waals surface area contributed by atoms with Crippen molar-refractivity contribution in [2.45, 2.75) is 25.3 Å². The summed E-state index contributed by atoms with van der Waals surface area (Å²) in [5.41, 5.74) is 3.64. The molecular weight excluding hydrogens is 366 g/mol. The summed E-state index contributed by atoms with van der Waals surface area (Å²) in [7, 11) is -3.62. The van der Waals surface area contributed by atoms with Crippen LogP contribution < -0.4 is 4.90 Å². The van der Waals surface area contributed by atoms with Gasteiger partial charge in [-0.25, -0.2) is 8.42 Å². The summed E-state index contributed by atoms with van der Waals surface area (Å²) < 4.78 is 27.0. The maximum absolute atomic E-state index is 12.8. The van der Waals surface area contributed by atoms with E-state index in [1.54, 1.807) is 0 Å². The Morgan fingerprint density at radius 3 is 2.11 bits per heavy atom. The fraction of sp³-hybridized carbons (Fsp3) is 0.368. The average Bonchev–Trinajstić information content (AvgIpc) is 2.61. The number of hydrogen-bond acceptors (Lipinski definition) is 4. The minimum atomic E-state index is -3.62. The summed E-state index contributed by atoms with van der Waals surface area (Å²) >= 11 is 0. The van der Waals surface area contributed by atoms with Crippen LogP contribution in [0.5, 0.6) is 0 Å². The van der Waals surface area contributed by atoms with Crippen molar-refractivity contribution in [3.63, 3.8) is 0 Å². The molecule has 1 saturated heterocycles. The molecule has 0 aromatic heterocycles. The predicted molar refractivity (Wildman–Crippen MR) is 102 cm³/mol. The molecule has 1 heterocycles. The first kappa shape index (κ1) is 19.5. The van der Waals surface area contributed by atoms with Gasteiger partial charge in [0.1, 0.15) is 6.54 Å². The number of hydrogen-bond donors (Lipinski definition) is 1. The van der Waals surface area contributed by atoms with Crippen LogP contribution in [0.15, 0.2) is 47.4 Å². The molecule has 27 heavy (non-hydrogen) atoms. The summed E-state index contributed by atoms with van der Waals surface area (Å²) in [5, 5.41) is 10.7. The minimum absolute atomic E-state index is 0.103. The van der Waals surface area contributed by atoms with Gasteiger partial charge in [-0.1, -0.05) is 29.3 Å². The Bertz CT molecular complexity index is 914. The molecule has 144 valence electrons. The van der Waals surface area contributed by atoms with Crippen molar-refractivity contribution in [3.8, 4) is 0 Å². The van der Waals surface area contributed by atoms with Gasteiger partial charge in [0.05, 0.1) is 36.0 Å². The Kier molecular flexibility index (Phi) is 5.59. The zero-order chi connectivity index (χ0) is 19.6. The molecule has 0 unspecified atom stereocenters. The number of quaternary nitrogens is 1. The van der Waals surface area contributed by atoms with Crippen LogP contribution in [0.4, 0.5) is 5.69 Å². The smallest absolute Gasteiger partial charge is 0.269 e. The standard InChI is InChI=1S/C19H23N3O4S/c1-15-11-16(2)13-17(12-15)14-20-7-9-21(10-8-20)27(25,26)19-5-3-18(4-6-19)22(23)24/h3-6,11-13H,7-10,14H2,1-2H3/p+1. The number of benzene rings is 2. The second-order valence-electron chi connectivity index (χ2n) is 7.08. The molecule has 0 radical (unpaired) electrons. The van der Waals surface area contributed by atoms with Crippen LogP contribution >= 0.6 is 0 Å². The summed E-state index contributed by atoms with van der Waals surface area (Å²) in [6, 6.07) is 11.6. The van der Waals surface area contributed by atoms with E-state index in [0.717, 1.165) is 19.6 Å². The number of rotatable bonds is 5. The monoisotopic (exact) mass is 390 g/mol. The van der Waals surface area contributed by atoms with E-state index in [9.17, 15) is 18.5 Å². The third-order valence-corrected chi connectivity index (χ3v) is 6.76. The molecule has 2 aromatic rings. The van der Waals surface area contributed by atoms with E-state index >= 15 is 0 Å². The Labute approximate surface area is 159 Å². The molecule has 1 aliphatic heterocycles. The van der Waals surface area contributed by atoms with E-state index in [1.807, 2.05) is 0 Å². The second kappa shape index (κ2) is 7.75. The Hall–Kier alpha value is -2.29. The van der Waals surface area contributed by atoms with Gasteiger partial charge >= 0.3 is 0 Å². The maximum Gasteiger partial charge on any atom is 0.269 e. The van der Waals surface area contributed by atoms with Crippen molar-refractivity contribution < 1.29 is 18.2 Å². The van der Waals surface area contributed by atoms with E-state index in [-0.39, 0.29) is 10.6 Å². The molecule has 0 bridgehead atoms. The van der Waals surface area contributed by atoms with Crippen molar-refractivity contribution in [3.05, 3.63) is 69.3 Å². The second-order valence-corrected chi connectivity index (χ2v) is 9.02. The molecule has 1 aliphatic rings. The van der Waals surface area contributed by atoms with Gasteiger partial charge in [-0.05, 0) is 26.0 Å². The molecule has 0 amide bonds. The van der Waals surface area contributed by atoms with Gasteiger partial charge in [0.25, 0.3) is 5.69 Å². The van der Waals surface area contributed by atoms with Crippen molar-refractivity contribution in [1.82, 2.24) is 4.31 Å². The average molecular weight is 390 g/mol. The van der Waals surface area contributed by atoms with E-state index in [4.69, 9.17) is 0 Å². The van der Waals surface area contributed by atoms with Gasteiger partial charge in [-0.15, -0.1) is 0 Å². The SMILES string of the molecule is Cc1cc(C)cc(C[NH+]2CCN(S(=O)(=O)c3ccc([N+](=O)[O-])cc3)CC2)c1. The van der Waals surface area contributed by atoms with Gasteiger partial charge in [-0.3, -0.25) is 10.1 Å². The number of nitrogens with one attached hydrogen (secondary N) is 1. The molecule has 2 aromatic carbocycles. The number of aryl methyl sites for hydroxylation is 2. The number of nitro benzene ring substituents is 1. The van der Waals surface area contributed by atoms with Crippen LogP contribution in [0.2, 0.25) is 0 Å². The Balaban J connectivity index is 1.64. The largest absolute Gasteiger partial charge is 0.329 e. The van der Waals surface area contributed by atoms with E-state index in [0.29, 0.717) is 13.1 Å². The van der Waals surface area contributed by atoms with Crippen molar-refractivity contribution in [1.29, 1.82) is 0 Å². The van der Waals surface area contributed by atoms with Gasteiger partial charge < -0.3 is 4.90 Å². The highest BCUT2D eigenvalue weighted by atomic mass is 32.2. The third kappa shape index (κ3) is 4.52. The van der Waals surface area contributed by atoms with Crippen LogP contribution in [0.1, 0.15) is 16.7 Å². The topological polar surface area (TPSA) is 85.0 Å². The molecule has 0 atom stereocenters. The number of nitro groups is 1. The number of non-ortho nitro benzene ring substituents is 1. The van der Waals surface area contributed by atoms with Gasteiger partial charge in [-0.2, -0.15) is 4.31 Å². The van der Waals surface area contributed by atoms with Crippen molar-refractivity contribution in [2.24, 2.45) is 0 Å². The summed E-state index contributed by atoms with van der Waals surface area (Å²) in [5.74, 6) is 0.